The van der Waals surface area contributed by atoms with Gasteiger partial charge in [0.15, 0.2) is 0 Å². The third-order valence-corrected chi connectivity index (χ3v) is 6.40. The smallest absolute Gasteiger partial charge is 0.142 e. The number of rotatable bonds is 3. The fourth-order valence-electron chi connectivity index (χ4n) is 4.48. The van der Waals surface area contributed by atoms with Crippen LogP contribution in [-0.2, 0) is 7.05 Å². The number of hydrogen-bond donors (Lipinski definition) is 1. The van der Waals surface area contributed by atoms with Crippen molar-refractivity contribution in [3.8, 4) is 22.4 Å². The highest BCUT2D eigenvalue weighted by Gasteiger charge is 2.22. The van der Waals surface area contributed by atoms with Crippen LogP contribution >= 0.6 is 11.6 Å². The summed E-state index contributed by atoms with van der Waals surface area (Å²) in [5, 5.41) is 4.92. The molecule has 4 nitrogen and oxygen atoms in total. The van der Waals surface area contributed by atoms with Crippen LogP contribution in [0.3, 0.4) is 0 Å². The van der Waals surface area contributed by atoms with Gasteiger partial charge >= 0.3 is 0 Å². The Labute approximate surface area is 186 Å². The summed E-state index contributed by atoms with van der Waals surface area (Å²) in [5.74, 6) is -0.213. The molecule has 2 aromatic carbocycles. The van der Waals surface area contributed by atoms with E-state index in [1.54, 1.807) is 19.2 Å². The molecule has 1 aliphatic rings. The molecule has 0 atom stereocenters. The van der Waals surface area contributed by atoms with Crippen LogP contribution < -0.4 is 10.2 Å². The minimum absolute atomic E-state index is 0.213. The maximum Gasteiger partial charge on any atom is 0.142 e. The average Bonchev–Trinajstić information content (AvgIpc) is 3.10. The molecule has 0 amide bonds. The van der Waals surface area contributed by atoms with Gasteiger partial charge in [-0.25, -0.2) is 9.37 Å². The Hall–Kier alpha value is -2.89. The topological polar surface area (TPSA) is 33.1 Å². The van der Waals surface area contributed by atoms with Gasteiger partial charge in [-0.15, -0.1) is 0 Å². The zero-order valence-electron chi connectivity index (χ0n) is 17.6. The molecule has 1 N–H and O–H groups in total. The Bertz CT molecular complexity index is 1260. The van der Waals surface area contributed by atoms with Crippen molar-refractivity contribution in [2.45, 2.75) is 6.92 Å². The Morgan fingerprint density at radius 3 is 2.42 bits per heavy atom. The number of halogens is 2. The minimum Gasteiger partial charge on any atom is -0.369 e. The maximum atomic E-state index is 14.0. The van der Waals surface area contributed by atoms with Crippen molar-refractivity contribution in [1.29, 1.82) is 0 Å². The first-order valence-electron chi connectivity index (χ1n) is 10.5. The van der Waals surface area contributed by atoms with Crippen LogP contribution in [0.4, 0.5) is 10.1 Å². The molecule has 5 rings (SSSR count). The molecule has 0 spiro atoms. The summed E-state index contributed by atoms with van der Waals surface area (Å²) in [7, 11) is 2.01. The van der Waals surface area contributed by atoms with E-state index in [1.807, 2.05) is 19.2 Å². The lowest BCUT2D eigenvalue weighted by molar-refractivity contribution is 0.589. The number of pyridine rings is 1. The highest BCUT2D eigenvalue weighted by Crippen LogP contribution is 2.43. The highest BCUT2D eigenvalue weighted by molar-refractivity contribution is 6.37. The summed E-state index contributed by atoms with van der Waals surface area (Å²) in [6.07, 6.45) is 1.72. The van der Waals surface area contributed by atoms with E-state index in [1.165, 1.54) is 11.8 Å². The normalized spacial score (nSPS) is 14.4. The molecule has 0 unspecified atom stereocenters. The second kappa shape index (κ2) is 7.98. The Morgan fingerprint density at radius 1 is 1.00 bits per heavy atom. The van der Waals surface area contributed by atoms with Gasteiger partial charge in [0.1, 0.15) is 11.5 Å². The number of nitrogens with zero attached hydrogens (tertiary/aromatic N) is 3. The van der Waals surface area contributed by atoms with Gasteiger partial charge in [0, 0.05) is 56.1 Å². The fourth-order valence-corrected chi connectivity index (χ4v) is 4.71. The maximum absolute atomic E-state index is 14.0. The van der Waals surface area contributed by atoms with Crippen LogP contribution in [0.15, 0.2) is 54.7 Å². The van der Waals surface area contributed by atoms with E-state index in [9.17, 15) is 4.39 Å². The number of nitrogens with one attached hydrogen (secondary N) is 1. The SMILES string of the molecule is Cc1cc(-c2c(-c3ccc(N4CCNCC4)cc3)n(C)c3nccc(Cl)c23)ccc1F. The lowest BCUT2D eigenvalue weighted by Crippen LogP contribution is -2.43. The van der Waals surface area contributed by atoms with Gasteiger partial charge in [0.05, 0.1) is 10.7 Å². The van der Waals surface area contributed by atoms with E-state index in [2.05, 4.69) is 44.0 Å². The highest BCUT2D eigenvalue weighted by atomic mass is 35.5. The van der Waals surface area contributed by atoms with Gasteiger partial charge in [-0.2, -0.15) is 0 Å². The molecule has 0 saturated carbocycles. The standard InChI is InChI=1S/C25H24ClFN4/c1-16-15-18(5-8-21(16)27)22-23-20(26)9-10-29-25(23)30(2)24(22)17-3-6-19(7-4-17)31-13-11-28-12-14-31/h3-10,15,28H,11-14H2,1-2H3. The number of piperazine rings is 1. The van der Waals surface area contributed by atoms with Crippen molar-refractivity contribution in [3.63, 3.8) is 0 Å². The Morgan fingerprint density at radius 2 is 1.71 bits per heavy atom. The van der Waals surface area contributed by atoms with E-state index in [-0.39, 0.29) is 5.82 Å². The Balaban J connectivity index is 1.70. The molecule has 0 radical (unpaired) electrons. The van der Waals surface area contributed by atoms with Gasteiger partial charge in [-0.05, 0) is 53.9 Å². The first-order valence-corrected chi connectivity index (χ1v) is 10.9. The molecule has 0 aliphatic carbocycles. The zero-order chi connectivity index (χ0) is 21.5. The van der Waals surface area contributed by atoms with Crippen molar-refractivity contribution in [2.24, 2.45) is 7.05 Å². The predicted octanol–water partition coefficient (Wildman–Crippen LogP) is 5.42. The molecule has 1 saturated heterocycles. The molecule has 158 valence electrons. The Kier molecular flexibility index (Phi) is 5.16. The molecule has 1 fully saturated rings. The number of hydrogen-bond acceptors (Lipinski definition) is 3. The summed E-state index contributed by atoms with van der Waals surface area (Å²) < 4.78 is 16.1. The van der Waals surface area contributed by atoms with E-state index < -0.39 is 0 Å². The molecular formula is C25H24ClFN4. The molecule has 31 heavy (non-hydrogen) atoms. The van der Waals surface area contributed by atoms with Crippen LogP contribution in [0.1, 0.15) is 5.56 Å². The summed E-state index contributed by atoms with van der Waals surface area (Å²) >= 11 is 6.64. The van der Waals surface area contributed by atoms with Crippen molar-refractivity contribution in [2.75, 3.05) is 31.1 Å². The van der Waals surface area contributed by atoms with Crippen LogP contribution in [0.5, 0.6) is 0 Å². The predicted molar refractivity (Wildman–Crippen MR) is 126 cm³/mol. The zero-order valence-corrected chi connectivity index (χ0v) is 18.4. The van der Waals surface area contributed by atoms with Gasteiger partial charge in [0.25, 0.3) is 0 Å². The van der Waals surface area contributed by atoms with Crippen molar-refractivity contribution >= 4 is 28.3 Å². The molecule has 6 heteroatoms. The van der Waals surface area contributed by atoms with Crippen molar-refractivity contribution in [3.05, 3.63) is 71.1 Å². The summed E-state index contributed by atoms with van der Waals surface area (Å²) in [4.78, 5) is 6.99. The van der Waals surface area contributed by atoms with E-state index in [4.69, 9.17) is 11.6 Å². The first kappa shape index (κ1) is 20.0. The van der Waals surface area contributed by atoms with E-state index in [0.29, 0.717) is 10.6 Å². The average molecular weight is 435 g/mol. The van der Waals surface area contributed by atoms with Gasteiger partial charge in [-0.3, -0.25) is 0 Å². The molecule has 2 aromatic heterocycles. The lowest BCUT2D eigenvalue weighted by atomic mass is 9.97. The number of anilines is 1. The van der Waals surface area contributed by atoms with E-state index in [0.717, 1.165) is 59.6 Å². The molecule has 0 bridgehead atoms. The second-order valence-electron chi connectivity index (χ2n) is 8.02. The van der Waals surface area contributed by atoms with Crippen molar-refractivity contribution < 1.29 is 4.39 Å². The quantitative estimate of drug-likeness (QED) is 0.467. The summed E-state index contributed by atoms with van der Waals surface area (Å²) in [6.45, 7) is 5.80. The van der Waals surface area contributed by atoms with E-state index >= 15 is 0 Å². The number of aromatic nitrogens is 2. The van der Waals surface area contributed by atoms with Crippen molar-refractivity contribution in [1.82, 2.24) is 14.9 Å². The number of benzene rings is 2. The lowest BCUT2D eigenvalue weighted by Gasteiger charge is -2.29. The third kappa shape index (κ3) is 3.48. The first-order chi connectivity index (χ1) is 15.0. The van der Waals surface area contributed by atoms with Crippen LogP contribution in [0.25, 0.3) is 33.4 Å². The molecule has 3 heterocycles. The summed E-state index contributed by atoms with van der Waals surface area (Å²) in [5.41, 5.74) is 6.65. The molecular weight excluding hydrogens is 411 g/mol. The minimum atomic E-state index is -0.213. The second-order valence-corrected chi connectivity index (χ2v) is 8.43. The number of aryl methyl sites for hydroxylation is 2. The van der Waals surface area contributed by atoms with Gasteiger partial charge < -0.3 is 14.8 Å². The molecule has 1 aliphatic heterocycles. The summed E-state index contributed by atoms with van der Waals surface area (Å²) in [6, 6.07) is 15.7. The van der Waals surface area contributed by atoms with Crippen LogP contribution in [0.2, 0.25) is 5.02 Å². The van der Waals surface area contributed by atoms with Crippen LogP contribution in [0, 0.1) is 12.7 Å². The van der Waals surface area contributed by atoms with Gasteiger partial charge in [0.2, 0.25) is 0 Å². The third-order valence-electron chi connectivity index (χ3n) is 6.09. The number of fused-ring (bicyclic) bond motifs is 1. The molecule has 4 aromatic rings. The monoisotopic (exact) mass is 434 g/mol. The van der Waals surface area contributed by atoms with Crippen LogP contribution in [-0.4, -0.2) is 35.7 Å². The van der Waals surface area contributed by atoms with Gasteiger partial charge in [-0.1, -0.05) is 29.8 Å². The fraction of sp³-hybridized carbons (Fsp3) is 0.240. The largest absolute Gasteiger partial charge is 0.369 e.